The first-order chi connectivity index (χ1) is 14.8. The summed E-state index contributed by atoms with van der Waals surface area (Å²) in [5, 5.41) is 4.16. The minimum atomic E-state index is 0.592. The second-order valence-corrected chi connectivity index (χ2v) is 7.61. The highest BCUT2D eigenvalue weighted by molar-refractivity contribution is 5.56. The van der Waals surface area contributed by atoms with Gasteiger partial charge in [0.15, 0.2) is 0 Å². The monoisotopic (exact) mass is 406 g/mol. The number of hydrogen-bond donors (Lipinski definition) is 0. The third-order valence-electron chi connectivity index (χ3n) is 5.66. The molecule has 2 aromatic heterocycles. The first-order valence-corrected chi connectivity index (χ1v) is 10.5. The number of pyridine rings is 1. The van der Waals surface area contributed by atoms with E-state index in [1.807, 2.05) is 18.3 Å². The van der Waals surface area contributed by atoms with Gasteiger partial charge in [-0.2, -0.15) is 4.98 Å². The Balaban J connectivity index is 1.17. The van der Waals surface area contributed by atoms with Gasteiger partial charge in [-0.3, -0.25) is 4.90 Å². The number of para-hydroxylation sites is 1. The van der Waals surface area contributed by atoms with Crippen molar-refractivity contribution in [1.82, 2.24) is 20.0 Å². The van der Waals surface area contributed by atoms with Gasteiger partial charge in [0, 0.05) is 56.7 Å². The lowest BCUT2D eigenvalue weighted by Crippen LogP contribution is -2.46. The average molecular weight is 406 g/mol. The van der Waals surface area contributed by atoms with Crippen molar-refractivity contribution in [1.29, 1.82) is 0 Å². The SMILES string of the molecule is c1ccc(N2CCN(Cc3nc(-c4ccc(N5CCOCC5)nc4)no3)CC2)cc1. The Morgan fingerprint density at radius 2 is 1.63 bits per heavy atom. The van der Waals surface area contributed by atoms with Crippen molar-refractivity contribution in [3.63, 3.8) is 0 Å². The van der Waals surface area contributed by atoms with E-state index in [-0.39, 0.29) is 0 Å². The first-order valence-electron chi connectivity index (χ1n) is 10.5. The van der Waals surface area contributed by atoms with Gasteiger partial charge in [0.25, 0.3) is 0 Å². The van der Waals surface area contributed by atoms with Crippen LogP contribution in [0.15, 0.2) is 53.2 Å². The zero-order valence-corrected chi connectivity index (χ0v) is 17.0. The number of piperazine rings is 1. The van der Waals surface area contributed by atoms with Crippen LogP contribution in [0.2, 0.25) is 0 Å². The maximum atomic E-state index is 5.51. The van der Waals surface area contributed by atoms with Crippen LogP contribution < -0.4 is 9.80 Å². The molecular formula is C22H26N6O2. The second kappa shape index (κ2) is 8.81. The number of rotatable bonds is 5. The summed E-state index contributed by atoms with van der Waals surface area (Å²) in [6.45, 7) is 7.86. The summed E-state index contributed by atoms with van der Waals surface area (Å²) in [6.07, 6.45) is 1.82. The summed E-state index contributed by atoms with van der Waals surface area (Å²) in [4.78, 5) is 16.2. The van der Waals surface area contributed by atoms with Crippen molar-refractivity contribution >= 4 is 11.5 Å². The summed E-state index contributed by atoms with van der Waals surface area (Å²) in [7, 11) is 0. The van der Waals surface area contributed by atoms with E-state index < -0.39 is 0 Å². The Hall–Kier alpha value is -2.97. The predicted molar refractivity (Wildman–Crippen MR) is 114 cm³/mol. The van der Waals surface area contributed by atoms with Crippen molar-refractivity contribution in [3.8, 4) is 11.4 Å². The molecule has 30 heavy (non-hydrogen) atoms. The molecule has 0 bridgehead atoms. The van der Waals surface area contributed by atoms with E-state index in [1.54, 1.807) is 0 Å². The summed E-state index contributed by atoms with van der Waals surface area (Å²) in [5.41, 5.74) is 2.15. The standard InChI is InChI=1S/C22H26N6O2/c1-2-4-19(5-3-1)27-10-8-26(9-11-27)17-21-24-22(25-30-21)18-6-7-20(23-16-18)28-12-14-29-15-13-28/h1-7,16H,8-15,17H2. The van der Waals surface area contributed by atoms with Crippen LogP contribution in [0.25, 0.3) is 11.4 Å². The van der Waals surface area contributed by atoms with E-state index >= 15 is 0 Å². The number of nitrogens with zero attached hydrogens (tertiary/aromatic N) is 6. The van der Waals surface area contributed by atoms with E-state index in [4.69, 9.17) is 9.26 Å². The lowest BCUT2D eigenvalue weighted by molar-refractivity contribution is 0.122. The highest BCUT2D eigenvalue weighted by atomic mass is 16.5. The minimum Gasteiger partial charge on any atom is -0.378 e. The predicted octanol–water partition coefficient (Wildman–Crippen LogP) is 2.29. The van der Waals surface area contributed by atoms with Gasteiger partial charge in [0.05, 0.1) is 19.8 Å². The van der Waals surface area contributed by atoms with Gasteiger partial charge in [0.1, 0.15) is 5.82 Å². The molecule has 0 saturated carbocycles. The number of anilines is 2. The maximum absolute atomic E-state index is 5.51. The Labute approximate surface area is 176 Å². The summed E-state index contributed by atoms with van der Waals surface area (Å²) < 4.78 is 10.9. The van der Waals surface area contributed by atoms with Crippen LogP contribution in [0.4, 0.5) is 11.5 Å². The van der Waals surface area contributed by atoms with E-state index in [0.717, 1.165) is 63.9 Å². The van der Waals surface area contributed by atoms with Crippen molar-refractivity contribution in [2.24, 2.45) is 0 Å². The van der Waals surface area contributed by atoms with Gasteiger partial charge >= 0.3 is 0 Å². The summed E-state index contributed by atoms with van der Waals surface area (Å²) >= 11 is 0. The van der Waals surface area contributed by atoms with Crippen LogP contribution >= 0.6 is 0 Å². The molecule has 3 aromatic rings. The highest BCUT2D eigenvalue weighted by Gasteiger charge is 2.20. The largest absolute Gasteiger partial charge is 0.378 e. The van der Waals surface area contributed by atoms with Crippen LogP contribution in [0.1, 0.15) is 5.89 Å². The molecule has 0 spiro atoms. The smallest absolute Gasteiger partial charge is 0.241 e. The minimum absolute atomic E-state index is 0.592. The van der Waals surface area contributed by atoms with Gasteiger partial charge in [-0.05, 0) is 24.3 Å². The second-order valence-electron chi connectivity index (χ2n) is 7.61. The normalized spacial score (nSPS) is 18.0. The maximum Gasteiger partial charge on any atom is 0.241 e. The molecule has 0 atom stereocenters. The molecule has 8 heteroatoms. The molecule has 5 rings (SSSR count). The molecule has 156 valence electrons. The number of benzene rings is 1. The van der Waals surface area contributed by atoms with Gasteiger partial charge in [-0.1, -0.05) is 23.4 Å². The molecule has 1 aromatic carbocycles. The molecule has 4 heterocycles. The lowest BCUT2D eigenvalue weighted by Gasteiger charge is -2.35. The summed E-state index contributed by atoms with van der Waals surface area (Å²) in [5.74, 6) is 2.20. The molecule has 8 nitrogen and oxygen atoms in total. The average Bonchev–Trinajstić information content (AvgIpc) is 3.29. The molecule has 0 aliphatic carbocycles. The van der Waals surface area contributed by atoms with Crippen molar-refractivity contribution in [2.45, 2.75) is 6.54 Å². The molecule has 2 saturated heterocycles. The molecule has 2 fully saturated rings. The fourth-order valence-corrected chi connectivity index (χ4v) is 3.93. The third-order valence-corrected chi connectivity index (χ3v) is 5.66. The van der Waals surface area contributed by atoms with E-state index in [2.05, 4.69) is 60.2 Å². The zero-order valence-electron chi connectivity index (χ0n) is 17.0. The van der Waals surface area contributed by atoms with E-state index in [0.29, 0.717) is 18.3 Å². The topological polar surface area (TPSA) is 70.8 Å². The Bertz CT molecular complexity index is 932. The van der Waals surface area contributed by atoms with Gasteiger partial charge in [-0.15, -0.1) is 0 Å². The van der Waals surface area contributed by atoms with Crippen LogP contribution in [0.3, 0.4) is 0 Å². The molecule has 0 amide bonds. The zero-order chi connectivity index (χ0) is 20.2. The van der Waals surface area contributed by atoms with Gasteiger partial charge in [0.2, 0.25) is 11.7 Å². The number of hydrogen-bond acceptors (Lipinski definition) is 8. The highest BCUT2D eigenvalue weighted by Crippen LogP contribution is 2.20. The Morgan fingerprint density at radius 1 is 0.833 bits per heavy atom. The fourth-order valence-electron chi connectivity index (χ4n) is 3.93. The van der Waals surface area contributed by atoms with Crippen LogP contribution in [0.5, 0.6) is 0 Å². The van der Waals surface area contributed by atoms with Crippen LogP contribution in [-0.2, 0) is 11.3 Å². The number of ether oxygens (including phenoxy) is 1. The fraction of sp³-hybridized carbons (Fsp3) is 0.409. The molecule has 2 aliphatic rings. The van der Waals surface area contributed by atoms with Crippen molar-refractivity contribution in [2.75, 3.05) is 62.3 Å². The van der Waals surface area contributed by atoms with Crippen LogP contribution in [0, 0.1) is 0 Å². The van der Waals surface area contributed by atoms with Crippen molar-refractivity contribution < 1.29 is 9.26 Å². The molecule has 2 aliphatic heterocycles. The van der Waals surface area contributed by atoms with Gasteiger partial charge < -0.3 is 19.1 Å². The van der Waals surface area contributed by atoms with E-state index in [1.165, 1.54) is 5.69 Å². The van der Waals surface area contributed by atoms with Crippen LogP contribution in [-0.4, -0.2) is 72.5 Å². The number of aromatic nitrogens is 3. The Morgan fingerprint density at radius 3 is 2.37 bits per heavy atom. The summed E-state index contributed by atoms with van der Waals surface area (Å²) in [6, 6.07) is 14.6. The lowest BCUT2D eigenvalue weighted by atomic mass is 10.2. The molecular weight excluding hydrogens is 380 g/mol. The first kappa shape index (κ1) is 19.0. The molecule has 0 unspecified atom stereocenters. The third kappa shape index (κ3) is 4.29. The van der Waals surface area contributed by atoms with Crippen molar-refractivity contribution in [3.05, 3.63) is 54.6 Å². The molecule has 0 N–H and O–H groups in total. The number of morpholine rings is 1. The Kier molecular flexibility index (Phi) is 5.58. The molecule has 0 radical (unpaired) electrons. The van der Waals surface area contributed by atoms with Gasteiger partial charge in [-0.25, -0.2) is 4.98 Å². The quantitative estimate of drug-likeness (QED) is 0.639. The van der Waals surface area contributed by atoms with E-state index in [9.17, 15) is 0 Å².